The minimum absolute atomic E-state index is 0.451. The fourth-order valence-corrected chi connectivity index (χ4v) is 3.51. The fourth-order valence-electron chi connectivity index (χ4n) is 2.88. The van der Waals surface area contributed by atoms with Crippen molar-refractivity contribution >= 4 is 22.9 Å². The number of hydrogen-bond acceptors (Lipinski definition) is 3. The number of nitrogens with one attached hydrogen (secondary N) is 2. The Kier molecular flexibility index (Phi) is 6.21. The van der Waals surface area contributed by atoms with E-state index in [4.69, 9.17) is 5.41 Å². The lowest BCUT2D eigenvalue weighted by atomic mass is 10.1. The summed E-state index contributed by atoms with van der Waals surface area (Å²) in [7, 11) is 2.16. The molecule has 2 aromatic carbocycles. The van der Waals surface area contributed by atoms with E-state index in [0.29, 0.717) is 5.84 Å². The summed E-state index contributed by atoms with van der Waals surface area (Å²) >= 11 is 1.58. The van der Waals surface area contributed by atoms with Crippen molar-refractivity contribution in [1.29, 1.82) is 5.41 Å². The molecule has 0 aliphatic heterocycles. The summed E-state index contributed by atoms with van der Waals surface area (Å²) in [5, 5.41) is 13.4. The van der Waals surface area contributed by atoms with Crippen LogP contribution in [0.25, 0.3) is 0 Å². The van der Waals surface area contributed by atoms with Crippen LogP contribution in [0.2, 0.25) is 0 Å². The molecule has 0 spiro atoms. The van der Waals surface area contributed by atoms with Gasteiger partial charge in [-0.25, -0.2) is 0 Å². The van der Waals surface area contributed by atoms with Gasteiger partial charge >= 0.3 is 0 Å². The molecule has 0 aliphatic rings. The van der Waals surface area contributed by atoms with Gasteiger partial charge in [-0.1, -0.05) is 42.5 Å². The lowest BCUT2D eigenvalue weighted by Gasteiger charge is -2.19. The number of amidine groups is 1. The molecule has 2 N–H and O–H groups in total. The zero-order valence-electron chi connectivity index (χ0n) is 15.3. The zero-order valence-corrected chi connectivity index (χ0v) is 16.1. The van der Waals surface area contributed by atoms with Crippen molar-refractivity contribution in [3.63, 3.8) is 0 Å². The van der Waals surface area contributed by atoms with Crippen molar-refractivity contribution in [2.75, 3.05) is 18.9 Å². The van der Waals surface area contributed by atoms with Crippen LogP contribution in [-0.2, 0) is 13.0 Å². The average Bonchev–Trinajstić information content (AvgIpc) is 3.18. The van der Waals surface area contributed by atoms with E-state index >= 15 is 0 Å². The normalized spacial score (nSPS) is 10.9. The van der Waals surface area contributed by atoms with E-state index in [1.807, 2.05) is 23.6 Å². The highest BCUT2D eigenvalue weighted by Gasteiger charge is 2.07. The quantitative estimate of drug-likeness (QED) is 0.449. The van der Waals surface area contributed by atoms with Crippen molar-refractivity contribution in [3.05, 3.63) is 87.6 Å². The molecule has 3 nitrogen and oxygen atoms in total. The molecule has 0 saturated carbocycles. The number of anilines is 1. The third-order valence-corrected chi connectivity index (χ3v) is 5.34. The topological polar surface area (TPSA) is 39.1 Å². The SMILES string of the molecule is Cc1ccc(NC(=N)c2cccs2)cc1CN(C)CCc1ccccc1. The summed E-state index contributed by atoms with van der Waals surface area (Å²) in [4.78, 5) is 3.30. The van der Waals surface area contributed by atoms with Gasteiger partial charge in [-0.05, 0) is 60.7 Å². The van der Waals surface area contributed by atoms with E-state index < -0.39 is 0 Å². The van der Waals surface area contributed by atoms with E-state index in [9.17, 15) is 0 Å². The average molecular weight is 364 g/mol. The third-order valence-electron chi connectivity index (χ3n) is 4.45. The van der Waals surface area contributed by atoms with Crippen LogP contribution < -0.4 is 5.32 Å². The van der Waals surface area contributed by atoms with Gasteiger partial charge < -0.3 is 10.2 Å². The van der Waals surface area contributed by atoms with Crippen LogP contribution in [0, 0.1) is 12.3 Å². The summed E-state index contributed by atoms with van der Waals surface area (Å²) in [6.07, 6.45) is 1.05. The zero-order chi connectivity index (χ0) is 18.4. The first kappa shape index (κ1) is 18.4. The first-order chi connectivity index (χ1) is 12.6. The van der Waals surface area contributed by atoms with Gasteiger partial charge in [-0.3, -0.25) is 5.41 Å². The van der Waals surface area contributed by atoms with Crippen molar-refractivity contribution in [2.24, 2.45) is 0 Å². The lowest BCUT2D eigenvalue weighted by molar-refractivity contribution is 0.330. The molecule has 26 heavy (non-hydrogen) atoms. The van der Waals surface area contributed by atoms with Gasteiger partial charge in [0.1, 0.15) is 5.84 Å². The molecule has 1 aromatic heterocycles. The molecule has 3 aromatic rings. The van der Waals surface area contributed by atoms with Crippen LogP contribution in [0.4, 0.5) is 5.69 Å². The molecular weight excluding hydrogens is 338 g/mol. The van der Waals surface area contributed by atoms with Gasteiger partial charge in [-0.2, -0.15) is 0 Å². The highest BCUT2D eigenvalue weighted by atomic mass is 32.1. The molecule has 0 aliphatic carbocycles. The summed E-state index contributed by atoms with van der Waals surface area (Å²) < 4.78 is 0. The van der Waals surface area contributed by atoms with E-state index in [2.05, 4.69) is 66.7 Å². The maximum absolute atomic E-state index is 8.20. The Morgan fingerprint density at radius 2 is 1.88 bits per heavy atom. The standard InChI is InChI=1S/C22H25N3S/c1-17-10-11-20(24-22(23)21-9-6-14-26-21)15-19(17)16-25(2)13-12-18-7-4-3-5-8-18/h3-11,14-15H,12-13,16H2,1-2H3,(H2,23,24). The summed E-state index contributed by atoms with van der Waals surface area (Å²) in [5.74, 6) is 0.451. The molecule has 0 atom stereocenters. The highest BCUT2D eigenvalue weighted by Crippen LogP contribution is 2.19. The number of likely N-dealkylation sites (N-methyl/N-ethyl adjacent to an activating group) is 1. The minimum Gasteiger partial charge on any atom is -0.340 e. The summed E-state index contributed by atoms with van der Waals surface area (Å²) in [6, 6.07) is 20.9. The van der Waals surface area contributed by atoms with Gasteiger partial charge in [0, 0.05) is 18.8 Å². The van der Waals surface area contributed by atoms with Crippen LogP contribution in [0.15, 0.2) is 66.0 Å². The van der Waals surface area contributed by atoms with Crippen molar-refractivity contribution in [3.8, 4) is 0 Å². The van der Waals surface area contributed by atoms with E-state index in [1.54, 1.807) is 11.3 Å². The Hall–Kier alpha value is -2.43. The summed E-state index contributed by atoms with van der Waals surface area (Å²) in [5.41, 5.74) is 4.92. The second-order valence-corrected chi connectivity index (χ2v) is 7.54. The molecule has 1 heterocycles. The van der Waals surface area contributed by atoms with E-state index in [0.717, 1.165) is 30.1 Å². The van der Waals surface area contributed by atoms with Gasteiger partial charge in [0.15, 0.2) is 0 Å². The van der Waals surface area contributed by atoms with Gasteiger partial charge in [0.2, 0.25) is 0 Å². The third kappa shape index (κ3) is 5.04. The predicted molar refractivity (Wildman–Crippen MR) is 112 cm³/mol. The van der Waals surface area contributed by atoms with Crippen LogP contribution in [0.5, 0.6) is 0 Å². The minimum atomic E-state index is 0.451. The second kappa shape index (κ2) is 8.79. The Bertz CT molecular complexity index is 841. The van der Waals surface area contributed by atoms with Crippen molar-refractivity contribution in [2.45, 2.75) is 19.9 Å². The van der Waals surface area contributed by atoms with Crippen molar-refractivity contribution < 1.29 is 0 Å². The number of nitrogens with zero attached hydrogens (tertiary/aromatic N) is 1. The monoisotopic (exact) mass is 363 g/mol. The van der Waals surface area contributed by atoms with Crippen LogP contribution in [0.3, 0.4) is 0 Å². The Labute approximate surface area is 159 Å². The van der Waals surface area contributed by atoms with Crippen molar-refractivity contribution in [1.82, 2.24) is 4.90 Å². The van der Waals surface area contributed by atoms with Crippen LogP contribution in [-0.4, -0.2) is 24.3 Å². The number of rotatable bonds is 7. The van der Waals surface area contributed by atoms with E-state index in [1.165, 1.54) is 16.7 Å². The molecule has 134 valence electrons. The molecular formula is C22H25N3S. The predicted octanol–water partition coefficient (Wildman–Crippen LogP) is 5.17. The molecule has 0 radical (unpaired) electrons. The number of aryl methyl sites for hydroxylation is 1. The Morgan fingerprint density at radius 3 is 2.62 bits per heavy atom. The number of thiophene rings is 1. The lowest BCUT2D eigenvalue weighted by Crippen LogP contribution is -2.21. The molecule has 0 bridgehead atoms. The number of benzene rings is 2. The van der Waals surface area contributed by atoms with Crippen LogP contribution >= 0.6 is 11.3 Å². The van der Waals surface area contributed by atoms with Gasteiger partial charge in [0.05, 0.1) is 4.88 Å². The smallest absolute Gasteiger partial charge is 0.140 e. The molecule has 0 saturated heterocycles. The molecule has 0 amide bonds. The first-order valence-corrected chi connectivity index (χ1v) is 9.71. The molecule has 0 unspecified atom stereocenters. The van der Waals surface area contributed by atoms with Gasteiger partial charge in [0.25, 0.3) is 0 Å². The second-order valence-electron chi connectivity index (χ2n) is 6.59. The molecule has 3 rings (SSSR count). The van der Waals surface area contributed by atoms with Gasteiger partial charge in [-0.15, -0.1) is 11.3 Å². The maximum Gasteiger partial charge on any atom is 0.140 e. The number of hydrogen-bond donors (Lipinski definition) is 2. The molecule has 0 fully saturated rings. The van der Waals surface area contributed by atoms with E-state index in [-0.39, 0.29) is 0 Å². The highest BCUT2D eigenvalue weighted by molar-refractivity contribution is 7.12. The van der Waals surface area contributed by atoms with Crippen LogP contribution in [0.1, 0.15) is 21.6 Å². The fraction of sp³-hybridized carbons (Fsp3) is 0.227. The first-order valence-electron chi connectivity index (χ1n) is 8.83. The summed E-state index contributed by atoms with van der Waals surface area (Å²) in [6.45, 7) is 4.07. The largest absolute Gasteiger partial charge is 0.340 e. The Morgan fingerprint density at radius 1 is 1.08 bits per heavy atom. The molecule has 4 heteroatoms. The maximum atomic E-state index is 8.20. The Balaban J connectivity index is 1.61.